The molecule has 0 aromatic heterocycles. The number of nitrogens with one attached hydrogen (secondary N) is 2. The Hall–Kier alpha value is -3.91. The minimum atomic E-state index is -0.305. The lowest BCUT2D eigenvalue weighted by molar-refractivity contribution is -0.116. The fourth-order valence-corrected chi connectivity index (χ4v) is 2.93. The Bertz CT molecular complexity index is 1040. The second-order valence-electron chi connectivity index (χ2n) is 6.61. The van der Waals surface area contributed by atoms with Crippen LogP contribution in [-0.2, 0) is 11.2 Å². The van der Waals surface area contributed by atoms with E-state index in [2.05, 4.69) is 10.6 Å². The first-order valence-electron chi connectivity index (χ1n) is 9.39. The van der Waals surface area contributed by atoms with E-state index in [9.17, 15) is 9.59 Å². The van der Waals surface area contributed by atoms with Crippen LogP contribution in [0.15, 0.2) is 78.9 Å². The van der Waals surface area contributed by atoms with Crippen LogP contribution >= 0.6 is 0 Å². The number of anilines is 2. The lowest BCUT2D eigenvalue weighted by atomic mass is 10.1. The molecule has 0 unspecified atom stereocenters. The van der Waals surface area contributed by atoms with Crippen molar-refractivity contribution in [2.75, 3.05) is 10.6 Å². The molecule has 0 aliphatic rings. The molecule has 0 bridgehead atoms. The fraction of sp³-hybridized carbons (Fsp3) is 0.125. The maximum Gasteiger partial charge on any atom is 0.255 e. The number of benzene rings is 3. The van der Waals surface area contributed by atoms with Crippen LogP contribution in [0, 0.1) is 11.3 Å². The smallest absolute Gasteiger partial charge is 0.255 e. The highest BCUT2D eigenvalue weighted by Gasteiger charge is 2.09. The standard InChI is InChI=1S/C24H21N3O2/c25-17-19-10-4-12-21(15-19)27-24(29)20-11-6-13-22(16-20)26-23(28)14-5-9-18-7-2-1-3-8-18/h1-4,6-8,10-13,15-16H,5,9,14H2,(H,26,28)(H,27,29). The van der Waals surface area contributed by atoms with Crippen LogP contribution in [0.5, 0.6) is 0 Å². The quantitative estimate of drug-likeness (QED) is 0.616. The highest BCUT2D eigenvalue weighted by atomic mass is 16.2. The van der Waals surface area contributed by atoms with E-state index in [0.29, 0.717) is 28.9 Å². The number of carbonyl (C=O) groups excluding carboxylic acids is 2. The fourth-order valence-electron chi connectivity index (χ4n) is 2.93. The minimum absolute atomic E-state index is 0.0831. The summed E-state index contributed by atoms with van der Waals surface area (Å²) in [4.78, 5) is 24.7. The van der Waals surface area contributed by atoms with Gasteiger partial charge in [-0.15, -0.1) is 0 Å². The number of nitriles is 1. The molecule has 0 radical (unpaired) electrons. The summed E-state index contributed by atoms with van der Waals surface area (Å²) in [5.41, 5.74) is 3.23. The van der Waals surface area contributed by atoms with Crippen LogP contribution in [0.4, 0.5) is 11.4 Å². The average molecular weight is 383 g/mol. The second-order valence-corrected chi connectivity index (χ2v) is 6.61. The van der Waals surface area contributed by atoms with Crippen molar-refractivity contribution in [1.29, 1.82) is 5.26 Å². The number of aryl methyl sites for hydroxylation is 1. The topological polar surface area (TPSA) is 82.0 Å². The zero-order valence-corrected chi connectivity index (χ0v) is 15.9. The third-order valence-electron chi connectivity index (χ3n) is 4.37. The molecule has 2 amide bonds. The molecule has 0 saturated heterocycles. The lowest BCUT2D eigenvalue weighted by Gasteiger charge is -2.09. The van der Waals surface area contributed by atoms with E-state index >= 15 is 0 Å². The third kappa shape index (κ3) is 6.05. The zero-order chi connectivity index (χ0) is 20.5. The largest absolute Gasteiger partial charge is 0.326 e. The molecule has 3 aromatic rings. The monoisotopic (exact) mass is 383 g/mol. The molecule has 0 spiro atoms. The molecule has 5 heteroatoms. The van der Waals surface area contributed by atoms with Crippen molar-refractivity contribution in [1.82, 2.24) is 0 Å². The first-order valence-corrected chi connectivity index (χ1v) is 9.39. The molecular weight excluding hydrogens is 362 g/mol. The van der Waals surface area contributed by atoms with Crippen molar-refractivity contribution < 1.29 is 9.59 Å². The third-order valence-corrected chi connectivity index (χ3v) is 4.37. The molecule has 2 N–H and O–H groups in total. The summed E-state index contributed by atoms with van der Waals surface area (Å²) in [6.07, 6.45) is 2.01. The number of carbonyl (C=O) groups is 2. The lowest BCUT2D eigenvalue weighted by Crippen LogP contribution is -2.14. The van der Waals surface area contributed by atoms with Gasteiger partial charge in [0, 0.05) is 23.4 Å². The van der Waals surface area contributed by atoms with Crippen LogP contribution in [0.1, 0.15) is 34.3 Å². The van der Waals surface area contributed by atoms with Crippen molar-refractivity contribution in [2.24, 2.45) is 0 Å². The van der Waals surface area contributed by atoms with Gasteiger partial charge in [0.05, 0.1) is 11.6 Å². The summed E-state index contributed by atoms with van der Waals surface area (Å²) >= 11 is 0. The molecule has 0 atom stereocenters. The minimum Gasteiger partial charge on any atom is -0.326 e. The highest BCUT2D eigenvalue weighted by Crippen LogP contribution is 2.15. The Morgan fingerprint density at radius 3 is 2.31 bits per heavy atom. The van der Waals surface area contributed by atoms with E-state index in [1.807, 2.05) is 36.4 Å². The van der Waals surface area contributed by atoms with Gasteiger partial charge in [0.1, 0.15) is 0 Å². The molecule has 3 rings (SSSR count). The van der Waals surface area contributed by atoms with Crippen molar-refractivity contribution in [3.05, 3.63) is 95.6 Å². The van der Waals surface area contributed by atoms with Crippen LogP contribution in [0.25, 0.3) is 0 Å². The summed E-state index contributed by atoms with van der Waals surface area (Å²) in [5.74, 6) is -0.388. The maximum atomic E-state index is 12.5. The summed E-state index contributed by atoms with van der Waals surface area (Å²) in [6, 6.07) is 25.6. The molecule has 3 aromatic carbocycles. The SMILES string of the molecule is N#Cc1cccc(NC(=O)c2cccc(NC(=O)CCCc3ccccc3)c2)c1. The van der Waals surface area contributed by atoms with Gasteiger partial charge in [-0.1, -0.05) is 42.5 Å². The average Bonchev–Trinajstić information content (AvgIpc) is 2.75. The number of amides is 2. The van der Waals surface area contributed by atoms with Gasteiger partial charge in [0.2, 0.25) is 5.91 Å². The molecule has 0 aliphatic heterocycles. The van der Waals surface area contributed by atoms with Crippen LogP contribution in [0.2, 0.25) is 0 Å². The van der Waals surface area contributed by atoms with Crippen LogP contribution in [0.3, 0.4) is 0 Å². The highest BCUT2D eigenvalue weighted by molar-refractivity contribution is 6.05. The normalized spacial score (nSPS) is 10.0. The van der Waals surface area contributed by atoms with E-state index in [4.69, 9.17) is 5.26 Å². The van der Waals surface area contributed by atoms with Crippen LogP contribution in [-0.4, -0.2) is 11.8 Å². The summed E-state index contributed by atoms with van der Waals surface area (Å²) < 4.78 is 0. The molecule has 5 nitrogen and oxygen atoms in total. The van der Waals surface area contributed by atoms with E-state index in [0.717, 1.165) is 12.8 Å². The van der Waals surface area contributed by atoms with E-state index in [1.165, 1.54) is 5.56 Å². The first-order chi connectivity index (χ1) is 14.1. The van der Waals surface area contributed by atoms with Gasteiger partial charge in [-0.25, -0.2) is 0 Å². The number of hydrogen-bond acceptors (Lipinski definition) is 3. The number of nitrogens with zero attached hydrogens (tertiary/aromatic N) is 1. The number of hydrogen-bond donors (Lipinski definition) is 2. The van der Waals surface area contributed by atoms with Crippen molar-refractivity contribution in [3.8, 4) is 6.07 Å². The Balaban J connectivity index is 1.55. The van der Waals surface area contributed by atoms with E-state index in [-0.39, 0.29) is 11.8 Å². The van der Waals surface area contributed by atoms with Gasteiger partial charge in [-0.2, -0.15) is 5.26 Å². The predicted molar refractivity (Wildman–Crippen MR) is 114 cm³/mol. The summed E-state index contributed by atoms with van der Waals surface area (Å²) in [6.45, 7) is 0. The summed E-state index contributed by atoms with van der Waals surface area (Å²) in [5, 5.41) is 14.6. The zero-order valence-electron chi connectivity index (χ0n) is 15.9. The van der Waals surface area contributed by atoms with Gasteiger partial charge < -0.3 is 10.6 Å². The van der Waals surface area contributed by atoms with E-state index in [1.54, 1.807) is 48.5 Å². The van der Waals surface area contributed by atoms with Gasteiger partial charge >= 0.3 is 0 Å². The Morgan fingerprint density at radius 2 is 1.55 bits per heavy atom. The molecule has 0 aliphatic carbocycles. The maximum absolute atomic E-state index is 12.5. The van der Waals surface area contributed by atoms with Crippen molar-refractivity contribution >= 4 is 23.2 Å². The molecule has 29 heavy (non-hydrogen) atoms. The molecule has 144 valence electrons. The van der Waals surface area contributed by atoms with E-state index < -0.39 is 0 Å². The van der Waals surface area contributed by atoms with Gasteiger partial charge in [0.15, 0.2) is 0 Å². The van der Waals surface area contributed by atoms with Gasteiger partial charge in [0.25, 0.3) is 5.91 Å². The van der Waals surface area contributed by atoms with Crippen molar-refractivity contribution in [2.45, 2.75) is 19.3 Å². The number of rotatable bonds is 7. The predicted octanol–water partition coefficient (Wildman–Crippen LogP) is 4.77. The van der Waals surface area contributed by atoms with Crippen molar-refractivity contribution in [3.63, 3.8) is 0 Å². The van der Waals surface area contributed by atoms with Gasteiger partial charge in [-0.3, -0.25) is 9.59 Å². The molecule has 0 fully saturated rings. The summed E-state index contributed by atoms with van der Waals surface area (Å²) in [7, 11) is 0. The first kappa shape index (κ1) is 19.8. The Labute approximate surface area is 170 Å². The van der Waals surface area contributed by atoms with Gasteiger partial charge in [-0.05, 0) is 54.8 Å². The molecular formula is C24H21N3O2. The molecule has 0 saturated carbocycles. The molecule has 0 heterocycles. The Kier molecular flexibility index (Phi) is 6.75. The Morgan fingerprint density at radius 1 is 0.828 bits per heavy atom. The van der Waals surface area contributed by atoms with Crippen LogP contribution < -0.4 is 10.6 Å². The second kappa shape index (κ2) is 9.86.